The van der Waals surface area contributed by atoms with Crippen molar-refractivity contribution in [3.8, 4) is 5.75 Å². The van der Waals surface area contributed by atoms with Gasteiger partial charge in [0.25, 0.3) is 11.8 Å². The SMILES string of the molecule is Cc1c(C(=O)NC2C[C@H]3CC[C@@H](C2)N3c2ccc(C(=O)N[C@@H]3CCN(C(C)C)C3)cn2)ccc2c1OCC2. The highest BCUT2D eigenvalue weighted by molar-refractivity contribution is 5.97. The third-order valence-electron chi connectivity index (χ3n) is 8.98. The Morgan fingerprint density at radius 2 is 1.76 bits per heavy atom. The Morgan fingerprint density at radius 1 is 1.00 bits per heavy atom. The van der Waals surface area contributed by atoms with Crippen LogP contribution in [-0.2, 0) is 6.42 Å². The molecule has 2 amide bonds. The third kappa shape index (κ3) is 4.75. The van der Waals surface area contributed by atoms with E-state index in [4.69, 9.17) is 9.72 Å². The Kier molecular flexibility index (Phi) is 6.76. The maximum atomic E-state index is 13.2. The number of anilines is 1. The van der Waals surface area contributed by atoms with Gasteiger partial charge in [0.2, 0.25) is 0 Å². The number of fused-ring (bicyclic) bond motifs is 3. The van der Waals surface area contributed by atoms with Crippen LogP contribution in [0.1, 0.15) is 77.8 Å². The van der Waals surface area contributed by atoms with E-state index >= 15 is 0 Å². The minimum absolute atomic E-state index is 0.00841. The Labute approximate surface area is 225 Å². The number of carbonyl (C=O) groups is 2. The van der Waals surface area contributed by atoms with Crippen molar-refractivity contribution in [1.82, 2.24) is 20.5 Å². The number of rotatable bonds is 6. The maximum Gasteiger partial charge on any atom is 0.253 e. The number of aromatic nitrogens is 1. The Balaban J connectivity index is 1.06. The van der Waals surface area contributed by atoms with Gasteiger partial charge in [-0.2, -0.15) is 0 Å². The molecule has 2 N–H and O–H groups in total. The fraction of sp³-hybridized carbons (Fsp3) is 0.567. The van der Waals surface area contributed by atoms with Crippen LogP contribution in [0.2, 0.25) is 0 Å². The van der Waals surface area contributed by atoms with E-state index in [2.05, 4.69) is 34.3 Å². The molecule has 0 radical (unpaired) electrons. The highest BCUT2D eigenvalue weighted by Crippen LogP contribution is 2.39. The summed E-state index contributed by atoms with van der Waals surface area (Å²) in [6.45, 7) is 9.00. The van der Waals surface area contributed by atoms with Crippen LogP contribution >= 0.6 is 0 Å². The predicted molar refractivity (Wildman–Crippen MR) is 147 cm³/mol. The Bertz CT molecular complexity index is 1200. The fourth-order valence-corrected chi connectivity index (χ4v) is 6.90. The zero-order valence-corrected chi connectivity index (χ0v) is 22.7. The molecule has 2 aromatic rings. The summed E-state index contributed by atoms with van der Waals surface area (Å²) in [6, 6.07) is 9.39. The molecule has 8 nitrogen and oxygen atoms in total. The number of carbonyl (C=O) groups excluding carboxylic acids is 2. The number of hydrogen-bond donors (Lipinski definition) is 2. The highest BCUT2D eigenvalue weighted by Gasteiger charge is 2.42. The van der Waals surface area contributed by atoms with Gasteiger partial charge in [0.1, 0.15) is 11.6 Å². The van der Waals surface area contributed by atoms with Gasteiger partial charge in [0.05, 0.1) is 12.2 Å². The van der Waals surface area contributed by atoms with E-state index in [-0.39, 0.29) is 23.9 Å². The summed E-state index contributed by atoms with van der Waals surface area (Å²) >= 11 is 0. The van der Waals surface area contributed by atoms with Gasteiger partial charge in [-0.1, -0.05) is 6.07 Å². The van der Waals surface area contributed by atoms with E-state index in [1.54, 1.807) is 6.20 Å². The number of nitrogens with one attached hydrogen (secondary N) is 2. The lowest BCUT2D eigenvalue weighted by molar-refractivity contribution is 0.0921. The summed E-state index contributed by atoms with van der Waals surface area (Å²) in [5.74, 6) is 1.76. The van der Waals surface area contributed by atoms with Crippen LogP contribution in [0.25, 0.3) is 0 Å². The number of benzene rings is 1. The molecular formula is C30H39N5O3. The summed E-state index contributed by atoms with van der Waals surface area (Å²) in [7, 11) is 0. The molecule has 2 bridgehead atoms. The first-order valence-corrected chi connectivity index (χ1v) is 14.2. The lowest BCUT2D eigenvalue weighted by atomic mass is 9.96. The molecule has 5 heterocycles. The number of piperidine rings is 1. The molecular weight excluding hydrogens is 478 g/mol. The lowest BCUT2D eigenvalue weighted by Gasteiger charge is -2.40. The van der Waals surface area contributed by atoms with Gasteiger partial charge in [0, 0.05) is 67.0 Å². The van der Waals surface area contributed by atoms with Gasteiger partial charge in [-0.3, -0.25) is 14.5 Å². The molecule has 3 saturated heterocycles. The summed E-state index contributed by atoms with van der Waals surface area (Å²) < 4.78 is 5.77. The van der Waals surface area contributed by atoms with Crippen molar-refractivity contribution in [2.75, 3.05) is 24.6 Å². The molecule has 3 fully saturated rings. The molecule has 38 heavy (non-hydrogen) atoms. The van der Waals surface area contributed by atoms with Gasteiger partial charge >= 0.3 is 0 Å². The van der Waals surface area contributed by atoms with Crippen molar-refractivity contribution >= 4 is 17.6 Å². The zero-order chi connectivity index (χ0) is 26.4. The predicted octanol–water partition coefficient (Wildman–Crippen LogP) is 3.47. The first-order valence-electron chi connectivity index (χ1n) is 14.2. The van der Waals surface area contributed by atoms with Crippen molar-refractivity contribution in [3.05, 3.63) is 52.7 Å². The van der Waals surface area contributed by atoms with Crippen LogP contribution in [0.5, 0.6) is 5.75 Å². The van der Waals surface area contributed by atoms with Crippen LogP contribution < -0.4 is 20.3 Å². The second kappa shape index (κ2) is 10.2. The van der Waals surface area contributed by atoms with Crippen LogP contribution in [0, 0.1) is 6.92 Å². The highest BCUT2D eigenvalue weighted by atomic mass is 16.5. The third-order valence-corrected chi connectivity index (χ3v) is 8.98. The van der Waals surface area contributed by atoms with Crippen molar-refractivity contribution in [2.24, 2.45) is 0 Å². The quantitative estimate of drug-likeness (QED) is 0.610. The van der Waals surface area contributed by atoms with E-state index in [9.17, 15) is 9.59 Å². The summed E-state index contributed by atoms with van der Waals surface area (Å²) in [5.41, 5.74) is 3.46. The second-order valence-electron chi connectivity index (χ2n) is 11.7. The van der Waals surface area contributed by atoms with Gasteiger partial charge in [-0.15, -0.1) is 0 Å². The average Bonchev–Trinajstić information content (AvgIpc) is 3.63. The van der Waals surface area contributed by atoms with Crippen LogP contribution in [0.4, 0.5) is 5.82 Å². The minimum atomic E-state index is -0.0451. The molecule has 0 aliphatic carbocycles. The van der Waals surface area contributed by atoms with E-state index in [0.717, 1.165) is 68.7 Å². The minimum Gasteiger partial charge on any atom is -0.493 e. The Hall–Kier alpha value is -3.13. The molecule has 4 aliphatic heterocycles. The van der Waals surface area contributed by atoms with Crippen molar-refractivity contribution in [3.63, 3.8) is 0 Å². The van der Waals surface area contributed by atoms with E-state index < -0.39 is 0 Å². The molecule has 4 atom stereocenters. The molecule has 0 spiro atoms. The number of nitrogens with zero attached hydrogens (tertiary/aromatic N) is 3. The first kappa shape index (κ1) is 25.2. The van der Waals surface area contributed by atoms with Gasteiger partial charge in [-0.25, -0.2) is 4.98 Å². The molecule has 6 rings (SSSR count). The van der Waals surface area contributed by atoms with Crippen molar-refractivity contribution < 1.29 is 14.3 Å². The summed E-state index contributed by atoms with van der Waals surface area (Å²) in [4.78, 5) is 35.5. The fourth-order valence-electron chi connectivity index (χ4n) is 6.90. The molecule has 0 saturated carbocycles. The molecule has 1 aromatic heterocycles. The number of likely N-dealkylation sites (tertiary alicyclic amines) is 1. The zero-order valence-electron chi connectivity index (χ0n) is 22.7. The first-order chi connectivity index (χ1) is 18.4. The monoisotopic (exact) mass is 517 g/mol. The lowest BCUT2D eigenvalue weighted by Crippen LogP contribution is -2.50. The number of ether oxygens (including phenoxy) is 1. The van der Waals surface area contributed by atoms with Crippen LogP contribution in [0.3, 0.4) is 0 Å². The van der Waals surface area contributed by atoms with Gasteiger partial charge < -0.3 is 20.3 Å². The van der Waals surface area contributed by atoms with Crippen molar-refractivity contribution in [1.29, 1.82) is 0 Å². The topological polar surface area (TPSA) is 86.8 Å². The maximum absolute atomic E-state index is 13.2. The average molecular weight is 518 g/mol. The number of hydrogen-bond acceptors (Lipinski definition) is 6. The van der Waals surface area contributed by atoms with E-state index in [1.165, 1.54) is 5.56 Å². The normalized spacial score (nSPS) is 26.4. The molecule has 1 aromatic carbocycles. The molecule has 4 aliphatic rings. The Morgan fingerprint density at radius 3 is 2.45 bits per heavy atom. The summed E-state index contributed by atoms with van der Waals surface area (Å²) in [5, 5.41) is 6.49. The van der Waals surface area contributed by atoms with Gasteiger partial charge in [0.15, 0.2) is 0 Å². The molecule has 1 unspecified atom stereocenters. The standard InChI is InChI=1S/C30H39N5O3/c1-18(2)34-12-10-22(17-34)32-29(36)21-5-9-27(31-16-21)35-24-6-7-25(35)15-23(14-24)33-30(37)26-8-4-20-11-13-38-28(20)19(26)3/h4-5,8-9,16,18,22-25H,6-7,10-15,17H2,1-3H3,(H,32,36)(H,33,37)/t22-,23?,24-,25+/m1/s1. The van der Waals surface area contributed by atoms with Crippen LogP contribution in [0.15, 0.2) is 30.5 Å². The smallest absolute Gasteiger partial charge is 0.253 e. The second-order valence-corrected chi connectivity index (χ2v) is 11.7. The van der Waals surface area contributed by atoms with Gasteiger partial charge in [-0.05, 0) is 76.6 Å². The summed E-state index contributed by atoms with van der Waals surface area (Å²) in [6.07, 6.45) is 7.62. The van der Waals surface area contributed by atoms with E-state index in [1.807, 2.05) is 31.2 Å². The largest absolute Gasteiger partial charge is 0.493 e. The van der Waals surface area contributed by atoms with E-state index in [0.29, 0.717) is 35.9 Å². The number of amides is 2. The van der Waals surface area contributed by atoms with Crippen LogP contribution in [-0.4, -0.2) is 71.6 Å². The number of pyridine rings is 1. The molecule has 8 heteroatoms. The van der Waals surface area contributed by atoms with Crippen molar-refractivity contribution in [2.45, 2.75) is 89.5 Å². The molecule has 202 valence electrons.